The molecule has 2 aromatic heterocycles. The molecule has 120 valence electrons. The molecule has 0 unspecified atom stereocenters. The van der Waals surface area contributed by atoms with Crippen molar-refractivity contribution in [2.75, 3.05) is 24.3 Å². The predicted octanol–water partition coefficient (Wildman–Crippen LogP) is 4.23. The summed E-state index contributed by atoms with van der Waals surface area (Å²) in [6, 6.07) is 14.5. The number of hydrogen-bond donors (Lipinski definition) is 2. The van der Waals surface area contributed by atoms with Crippen LogP contribution >= 0.6 is 0 Å². The van der Waals surface area contributed by atoms with Crippen molar-refractivity contribution in [3.63, 3.8) is 0 Å². The van der Waals surface area contributed by atoms with Crippen LogP contribution < -0.4 is 10.2 Å². The molecule has 0 saturated heterocycles. The third-order valence-electron chi connectivity index (χ3n) is 4.17. The Balaban J connectivity index is 1.84. The molecule has 4 rings (SSSR count). The Morgan fingerprint density at radius 3 is 2.54 bits per heavy atom. The molecule has 5 nitrogen and oxygen atoms in total. The molecular formula is C19H19N5. The van der Waals surface area contributed by atoms with Gasteiger partial charge in [0.2, 0.25) is 0 Å². The van der Waals surface area contributed by atoms with Crippen molar-refractivity contribution in [2.45, 2.75) is 6.92 Å². The zero-order chi connectivity index (χ0) is 16.7. The van der Waals surface area contributed by atoms with E-state index in [1.54, 1.807) is 6.33 Å². The molecule has 0 amide bonds. The highest BCUT2D eigenvalue weighted by Crippen LogP contribution is 2.31. The Morgan fingerprint density at radius 1 is 1.00 bits per heavy atom. The minimum absolute atomic E-state index is 0.908. The molecule has 0 radical (unpaired) electrons. The second kappa shape index (κ2) is 5.53. The zero-order valence-corrected chi connectivity index (χ0v) is 14.0. The van der Waals surface area contributed by atoms with Crippen molar-refractivity contribution >= 4 is 39.0 Å². The summed E-state index contributed by atoms with van der Waals surface area (Å²) in [5.41, 5.74) is 7.22. The Labute approximate surface area is 140 Å². The first-order valence-corrected chi connectivity index (χ1v) is 7.89. The van der Waals surface area contributed by atoms with Gasteiger partial charge in [-0.1, -0.05) is 0 Å². The Bertz CT molecular complexity index is 1020. The molecule has 2 aromatic carbocycles. The van der Waals surface area contributed by atoms with Crippen molar-refractivity contribution < 1.29 is 0 Å². The van der Waals surface area contributed by atoms with Crippen LogP contribution in [0.2, 0.25) is 0 Å². The Morgan fingerprint density at radius 2 is 1.79 bits per heavy atom. The van der Waals surface area contributed by atoms with E-state index >= 15 is 0 Å². The number of fused-ring (bicyclic) bond motifs is 3. The number of pyridine rings is 1. The number of imidazole rings is 1. The normalized spacial score (nSPS) is 11.1. The number of aromatic nitrogens is 3. The molecule has 0 bridgehead atoms. The molecule has 0 atom stereocenters. The summed E-state index contributed by atoms with van der Waals surface area (Å²) < 4.78 is 0. The first-order chi connectivity index (χ1) is 11.6. The first kappa shape index (κ1) is 14.5. The van der Waals surface area contributed by atoms with Crippen LogP contribution in [0.5, 0.6) is 0 Å². The van der Waals surface area contributed by atoms with Gasteiger partial charge in [-0.05, 0) is 49.4 Å². The average Bonchev–Trinajstić information content (AvgIpc) is 3.03. The van der Waals surface area contributed by atoms with Crippen molar-refractivity contribution in [2.24, 2.45) is 0 Å². The summed E-state index contributed by atoms with van der Waals surface area (Å²) >= 11 is 0. The second-order valence-electron chi connectivity index (χ2n) is 6.16. The lowest BCUT2D eigenvalue weighted by Crippen LogP contribution is -2.08. The van der Waals surface area contributed by atoms with Gasteiger partial charge < -0.3 is 15.2 Å². The highest BCUT2D eigenvalue weighted by Gasteiger charge is 2.10. The van der Waals surface area contributed by atoms with Gasteiger partial charge in [0.1, 0.15) is 11.8 Å². The van der Waals surface area contributed by atoms with Crippen LogP contribution in [0.4, 0.5) is 17.1 Å². The summed E-state index contributed by atoms with van der Waals surface area (Å²) in [5, 5.41) is 4.59. The molecule has 2 N–H and O–H groups in total. The van der Waals surface area contributed by atoms with Crippen molar-refractivity contribution in [3.05, 3.63) is 54.5 Å². The van der Waals surface area contributed by atoms with Crippen LogP contribution in [0.25, 0.3) is 21.9 Å². The molecule has 0 aliphatic carbocycles. The fourth-order valence-corrected chi connectivity index (χ4v) is 2.97. The lowest BCUT2D eigenvalue weighted by Gasteiger charge is -2.15. The highest BCUT2D eigenvalue weighted by atomic mass is 15.1. The zero-order valence-electron chi connectivity index (χ0n) is 14.0. The lowest BCUT2D eigenvalue weighted by atomic mass is 10.1. The van der Waals surface area contributed by atoms with Gasteiger partial charge in [-0.15, -0.1) is 0 Å². The van der Waals surface area contributed by atoms with Crippen LogP contribution in [-0.4, -0.2) is 29.0 Å². The van der Waals surface area contributed by atoms with Crippen LogP contribution in [0.3, 0.4) is 0 Å². The van der Waals surface area contributed by atoms with E-state index in [2.05, 4.69) is 68.5 Å². The van der Waals surface area contributed by atoms with Crippen LogP contribution in [-0.2, 0) is 0 Å². The summed E-state index contributed by atoms with van der Waals surface area (Å²) in [6.07, 6.45) is 1.61. The SMILES string of the molecule is Cc1cc(Nc2ccc(N(C)C)cc2)c2c(ccc3ncnc32)[nH]1. The van der Waals surface area contributed by atoms with E-state index < -0.39 is 0 Å². The maximum atomic E-state index is 4.44. The summed E-state index contributed by atoms with van der Waals surface area (Å²) in [6.45, 7) is 2.06. The largest absolute Gasteiger partial charge is 0.378 e. The third kappa shape index (κ3) is 2.44. The Kier molecular flexibility index (Phi) is 3.34. The number of nitrogens with zero attached hydrogens (tertiary/aromatic N) is 3. The van der Waals surface area contributed by atoms with Gasteiger partial charge in [-0.2, -0.15) is 0 Å². The van der Waals surface area contributed by atoms with Crippen LogP contribution in [0, 0.1) is 6.92 Å². The van der Waals surface area contributed by atoms with Gasteiger partial charge in [0.25, 0.3) is 0 Å². The van der Waals surface area contributed by atoms with E-state index in [0.717, 1.165) is 39.0 Å². The van der Waals surface area contributed by atoms with E-state index in [1.165, 1.54) is 5.69 Å². The number of rotatable bonds is 3. The Hall–Kier alpha value is -3.08. The third-order valence-corrected chi connectivity index (χ3v) is 4.17. The predicted molar refractivity (Wildman–Crippen MR) is 100 cm³/mol. The number of H-pyrrole nitrogens is 1. The first-order valence-electron chi connectivity index (χ1n) is 7.89. The molecule has 0 fully saturated rings. The number of nitrogens with one attached hydrogen (secondary N) is 2. The van der Waals surface area contributed by atoms with Crippen LogP contribution in [0.15, 0.2) is 48.8 Å². The number of anilines is 3. The highest BCUT2D eigenvalue weighted by molar-refractivity contribution is 6.10. The number of aryl methyl sites for hydroxylation is 1. The van der Waals surface area contributed by atoms with E-state index in [1.807, 2.05) is 20.2 Å². The molecule has 0 aliphatic heterocycles. The molecule has 24 heavy (non-hydrogen) atoms. The average molecular weight is 317 g/mol. The van der Waals surface area contributed by atoms with Crippen molar-refractivity contribution in [1.29, 1.82) is 0 Å². The van der Waals surface area contributed by atoms with E-state index in [9.17, 15) is 0 Å². The van der Waals surface area contributed by atoms with Gasteiger partial charge in [-0.3, -0.25) is 0 Å². The number of aromatic amines is 1. The molecule has 2 heterocycles. The van der Waals surface area contributed by atoms with Crippen molar-refractivity contribution in [3.8, 4) is 0 Å². The monoisotopic (exact) mass is 317 g/mol. The maximum absolute atomic E-state index is 4.44. The molecule has 4 aromatic rings. The molecule has 0 spiro atoms. The lowest BCUT2D eigenvalue weighted by molar-refractivity contribution is 1.13. The van der Waals surface area contributed by atoms with Gasteiger partial charge in [0, 0.05) is 42.1 Å². The summed E-state index contributed by atoms with van der Waals surface area (Å²) in [4.78, 5) is 14.2. The van der Waals surface area contributed by atoms with E-state index in [4.69, 9.17) is 0 Å². The number of hydrogen-bond acceptors (Lipinski definition) is 4. The minimum atomic E-state index is 0.908. The van der Waals surface area contributed by atoms with Gasteiger partial charge >= 0.3 is 0 Å². The molecule has 0 aliphatic rings. The quantitative estimate of drug-likeness (QED) is 0.594. The topological polar surface area (TPSA) is 56.8 Å². The van der Waals surface area contributed by atoms with E-state index in [0.29, 0.717) is 0 Å². The van der Waals surface area contributed by atoms with Gasteiger partial charge in [0.05, 0.1) is 11.2 Å². The fraction of sp³-hybridized carbons (Fsp3) is 0.158. The van der Waals surface area contributed by atoms with Gasteiger partial charge in [0.15, 0.2) is 0 Å². The molecular weight excluding hydrogens is 298 g/mol. The number of benzene rings is 2. The summed E-state index contributed by atoms with van der Waals surface area (Å²) in [5.74, 6) is 0. The van der Waals surface area contributed by atoms with Gasteiger partial charge in [-0.25, -0.2) is 9.97 Å². The molecule has 0 saturated carbocycles. The summed E-state index contributed by atoms with van der Waals surface area (Å²) in [7, 11) is 4.08. The molecule has 5 heteroatoms. The maximum Gasteiger partial charge on any atom is 0.116 e. The van der Waals surface area contributed by atoms with Crippen molar-refractivity contribution in [1.82, 2.24) is 15.0 Å². The van der Waals surface area contributed by atoms with E-state index in [-0.39, 0.29) is 0 Å². The van der Waals surface area contributed by atoms with Crippen LogP contribution in [0.1, 0.15) is 5.69 Å². The minimum Gasteiger partial charge on any atom is -0.378 e. The standard InChI is InChI=1S/C19H19N5/c1-12-10-17(23-13-4-6-14(7-5-13)24(2)3)18-15(22-12)8-9-16-19(18)21-11-20-16/h4-11,22-23H,1-3H3. The second-order valence-corrected chi connectivity index (χ2v) is 6.16. The smallest absolute Gasteiger partial charge is 0.116 e. The fourth-order valence-electron chi connectivity index (χ4n) is 2.97.